The highest BCUT2D eigenvalue weighted by Gasteiger charge is 2.22. The molecule has 1 unspecified atom stereocenters. The van der Waals surface area contributed by atoms with E-state index >= 15 is 0 Å². The zero-order valence-corrected chi connectivity index (χ0v) is 14.9. The number of carbonyl (C=O) groups excluding carboxylic acids is 1. The summed E-state index contributed by atoms with van der Waals surface area (Å²) < 4.78 is 12.1. The Bertz CT molecular complexity index is 660. The number of carbonyl (C=O) groups is 1. The van der Waals surface area contributed by atoms with Crippen molar-refractivity contribution in [2.75, 3.05) is 26.3 Å². The first-order valence-corrected chi connectivity index (χ1v) is 8.80. The number of esters is 1. The summed E-state index contributed by atoms with van der Waals surface area (Å²) in [6.07, 6.45) is -0.0816. The molecule has 4 nitrogen and oxygen atoms in total. The van der Waals surface area contributed by atoms with Crippen LogP contribution < -0.4 is 0 Å². The highest BCUT2D eigenvalue weighted by Crippen LogP contribution is 2.13. The van der Waals surface area contributed by atoms with Gasteiger partial charge >= 0.3 is 5.97 Å². The Hall–Kier alpha value is -1.69. The Morgan fingerprint density at radius 2 is 1.92 bits per heavy atom. The molecule has 0 aliphatic carbocycles. The van der Waals surface area contributed by atoms with Crippen LogP contribution in [0.3, 0.4) is 0 Å². The minimum Gasteiger partial charge on any atom is -0.459 e. The number of halogens is 1. The zero-order valence-electron chi connectivity index (χ0n) is 13.4. The van der Waals surface area contributed by atoms with Gasteiger partial charge in [-0.05, 0) is 29.8 Å². The van der Waals surface area contributed by atoms with E-state index in [1.807, 2.05) is 30.3 Å². The molecular weight excluding hydrogens is 370 g/mol. The van der Waals surface area contributed by atoms with Gasteiger partial charge in [0.25, 0.3) is 0 Å². The summed E-state index contributed by atoms with van der Waals surface area (Å²) in [6, 6.07) is 17.5. The Kier molecular flexibility index (Phi) is 6.01. The van der Waals surface area contributed by atoms with Gasteiger partial charge in [0.1, 0.15) is 12.7 Å². The summed E-state index contributed by atoms with van der Waals surface area (Å²) in [6.45, 7) is 3.49. The molecule has 1 atom stereocenters. The molecular formula is C19H20BrNO3. The fraction of sp³-hybridized carbons (Fsp3) is 0.316. The monoisotopic (exact) mass is 389 g/mol. The van der Waals surface area contributed by atoms with E-state index in [0.29, 0.717) is 12.2 Å². The van der Waals surface area contributed by atoms with Crippen LogP contribution in [0.1, 0.15) is 15.9 Å². The Labute approximate surface area is 150 Å². The molecule has 1 heterocycles. The first kappa shape index (κ1) is 17.1. The molecule has 1 aliphatic rings. The van der Waals surface area contributed by atoms with E-state index < -0.39 is 0 Å². The van der Waals surface area contributed by atoms with Gasteiger partial charge in [-0.3, -0.25) is 4.90 Å². The minimum absolute atomic E-state index is 0.0816. The molecule has 0 aromatic heterocycles. The maximum absolute atomic E-state index is 12.1. The number of hydrogen-bond acceptors (Lipinski definition) is 4. The predicted octanol–water partition coefficient (Wildman–Crippen LogP) is 3.51. The summed E-state index contributed by atoms with van der Waals surface area (Å²) >= 11 is 3.35. The first-order chi connectivity index (χ1) is 11.7. The first-order valence-electron chi connectivity index (χ1n) is 8.01. The highest BCUT2D eigenvalue weighted by atomic mass is 79.9. The fourth-order valence-electron chi connectivity index (χ4n) is 2.70. The molecule has 0 N–H and O–H groups in total. The minimum atomic E-state index is -0.314. The molecule has 24 heavy (non-hydrogen) atoms. The van der Waals surface area contributed by atoms with Gasteiger partial charge in [-0.2, -0.15) is 0 Å². The third-order valence-corrected chi connectivity index (χ3v) is 4.48. The van der Waals surface area contributed by atoms with E-state index in [-0.39, 0.29) is 18.7 Å². The van der Waals surface area contributed by atoms with Crippen LogP contribution in [0.25, 0.3) is 0 Å². The van der Waals surface area contributed by atoms with E-state index in [2.05, 4.69) is 33.0 Å². The van der Waals surface area contributed by atoms with Crippen molar-refractivity contribution in [2.45, 2.75) is 12.6 Å². The standard InChI is InChI=1S/C19H20BrNO3/c20-17-8-6-16(7-9-17)19(22)24-14-18-13-21(10-11-23-18)12-15-4-2-1-3-5-15/h1-9,18H,10-14H2. The number of hydrogen-bond donors (Lipinski definition) is 0. The van der Waals surface area contributed by atoms with Crippen LogP contribution in [0.4, 0.5) is 0 Å². The maximum Gasteiger partial charge on any atom is 0.338 e. The third kappa shape index (κ3) is 4.90. The van der Waals surface area contributed by atoms with Gasteiger partial charge in [0.2, 0.25) is 0 Å². The molecule has 0 saturated carbocycles. The summed E-state index contributed by atoms with van der Waals surface area (Å²) in [7, 11) is 0. The summed E-state index contributed by atoms with van der Waals surface area (Å²) in [5.41, 5.74) is 1.83. The van der Waals surface area contributed by atoms with E-state index in [0.717, 1.165) is 24.1 Å². The lowest BCUT2D eigenvalue weighted by atomic mass is 10.2. The molecule has 0 bridgehead atoms. The number of nitrogens with zero attached hydrogens (tertiary/aromatic N) is 1. The molecule has 0 amide bonds. The van der Waals surface area contributed by atoms with E-state index in [4.69, 9.17) is 9.47 Å². The van der Waals surface area contributed by atoms with Crippen LogP contribution in [0.5, 0.6) is 0 Å². The van der Waals surface area contributed by atoms with E-state index in [1.165, 1.54) is 5.56 Å². The average molecular weight is 390 g/mol. The molecule has 5 heteroatoms. The van der Waals surface area contributed by atoms with Crippen LogP contribution in [0.2, 0.25) is 0 Å². The second kappa shape index (κ2) is 8.42. The number of morpholine rings is 1. The Morgan fingerprint density at radius 1 is 1.17 bits per heavy atom. The molecule has 3 rings (SSSR count). The van der Waals surface area contributed by atoms with Crippen LogP contribution in [0, 0.1) is 0 Å². The van der Waals surface area contributed by atoms with Crippen molar-refractivity contribution in [3.63, 3.8) is 0 Å². The topological polar surface area (TPSA) is 38.8 Å². The van der Waals surface area contributed by atoms with Crippen LogP contribution in [-0.2, 0) is 16.0 Å². The average Bonchev–Trinajstić information content (AvgIpc) is 2.61. The fourth-order valence-corrected chi connectivity index (χ4v) is 2.97. The quantitative estimate of drug-likeness (QED) is 0.733. The highest BCUT2D eigenvalue weighted by molar-refractivity contribution is 9.10. The largest absolute Gasteiger partial charge is 0.459 e. The van der Waals surface area contributed by atoms with Crippen LogP contribution >= 0.6 is 15.9 Å². The van der Waals surface area contributed by atoms with Crippen molar-refractivity contribution >= 4 is 21.9 Å². The van der Waals surface area contributed by atoms with Gasteiger partial charge in [-0.25, -0.2) is 4.79 Å². The number of rotatable bonds is 5. The van der Waals surface area contributed by atoms with Gasteiger partial charge in [0.15, 0.2) is 0 Å². The van der Waals surface area contributed by atoms with Gasteiger partial charge in [-0.15, -0.1) is 0 Å². The lowest BCUT2D eigenvalue weighted by Gasteiger charge is -2.32. The second-order valence-corrected chi connectivity index (χ2v) is 6.73. The third-order valence-electron chi connectivity index (χ3n) is 3.95. The van der Waals surface area contributed by atoms with Crippen molar-refractivity contribution < 1.29 is 14.3 Å². The van der Waals surface area contributed by atoms with Crippen molar-refractivity contribution in [3.05, 3.63) is 70.2 Å². The Morgan fingerprint density at radius 3 is 2.67 bits per heavy atom. The maximum atomic E-state index is 12.1. The summed E-state index contributed by atoms with van der Waals surface area (Å²) in [5, 5.41) is 0. The van der Waals surface area contributed by atoms with Gasteiger partial charge in [0, 0.05) is 24.1 Å². The lowest BCUT2D eigenvalue weighted by molar-refractivity contribution is -0.0612. The van der Waals surface area contributed by atoms with E-state index in [1.54, 1.807) is 12.1 Å². The van der Waals surface area contributed by atoms with Crippen molar-refractivity contribution in [2.24, 2.45) is 0 Å². The molecule has 1 fully saturated rings. The van der Waals surface area contributed by atoms with Gasteiger partial charge in [0.05, 0.1) is 12.2 Å². The molecule has 2 aromatic rings. The van der Waals surface area contributed by atoms with E-state index in [9.17, 15) is 4.79 Å². The summed E-state index contributed by atoms with van der Waals surface area (Å²) in [4.78, 5) is 14.4. The Balaban J connectivity index is 1.48. The normalized spacial score (nSPS) is 18.3. The second-order valence-electron chi connectivity index (χ2n) is 5.82. The van der Waals surface area contributed by atoms with Crippen molar-refractivity contribution in [3.8, 4) is 0 Å². The van der Waals surface area contributed by atoms with Gasteiger partial charge in [-0.1, -0.05) is 46.3 Å². The van der Waals surface area contributed by atoms with Crippen molar-refractivity contribution in [1.29, 1.82) is 0 Å². The number of ether oxygens (including phenoxy) is 2. The van der Waals surface area contributed by atoms with Crippen LogP contribution in [-0.4, -0.2) is 43.3 Å². The smallest absolute Gasteiger partial charge is 0.338 e. The predicted molar refractivity (Wildman–Crippen MR) is 95.9 cm³/mol. The molecule has 1 saturated heterocycles. The zero-order chi connectivity index (χ0) is 16.8. The molecule has 0 spiro atoms. The molecule has 2 aromatic carbocycles. The van der Waals surface area contributed by atoms with Gasteiger partial charge < -0.3 is 9.47 Å². The summed E-state index contributed by atoms with van der Waals surface area (Å²) in [5.74, 6) is -0.314. The molecule has 0 radical (unpaired) electrons. The molecule has 1 aliphatic heterocycles. The SMILES string of the molecule is O=C(OCC1CN(Cc2ccccc2)CCO1)c1ccc(Br)cc1. The number of benzene rings is 2. The lowest BCUT2D eigenvalue weighted by Crippen LogP contribution is -2.44. The molecule has 126 valence electrons. The van der Waals surface area contributed by atoms with Crippen LogP contribution in [0.15, 0.2) is 59.1 Å². The van der Waals surface area contributed by atoms with Crippen molar-refractivity contribution in [1.82, 2.24) is 4.90 Å².